The monoisotopic (exact) mass is 401 g/mol. The summed E-state index contributed by atoms with van der Waals surface area (Å²) in [5, 5.41) is 4.17. The van der Waals surface area contributed by atoms with Crippen molar-refractivity contribution in [2.24, 2.45) is 7.05 Å². The quantitative estimate of drug-likeness (QED) is 0.724. The van der Waals surface area contributed by atoms with Gasteiger partial charge in [0.1, 0.15) is 11.4 Å². The molecule has 4 rings (SSSR count). The number of anilines is 2. The third-order valence-corrected chi connectivity index (χ3v) is 5.23. The predicted octanol–water partition coefficient (Wildman–Crippen LogP) is 0.326. The molecule has 4 heterocycles. The number of ether oxygens (including phenoxy) is 2. The molecule has 0 spiro atoms. The fourth-order valence-electron chi connectivity index (χ4n) is 3.68. The van der Waals surface area contributed by atoms with Crippen LogP contribution in [0.4, 0.5) is 11.8 Å². The first kappa shape index (κ1) is 19.4. The van der Waals surface area contributed by atoms with Crippen molar-refractivity contribution in [1.82, 2.24) is 24.6 Å². The van der Waals surface area contributed by atoms with E-state index in [4.69, 9.17) is 14.5 Å². The zero-order chi connectivity index (χ0) is 20.4. The molecule has 0 aliphatic carbocycles. The summed E-state index contributed by atoms with van der Waals surface area (Å²) in [5.41, 5.74) is 1.43. The number of piperazine rings is 1. The summed E-state index contributed by atoms with van der Waals surface area (Å²) in [4.78, 5) is 28.5. The van der Waals surface area contributed by atoms with Crippen molar-refractivity contribution in [2.45, 2.75) is 6.92 Å². The fourth-order valence-corrected chi connectivity index (χ4v) is 3.68. The summed E-state index contributed by atoms with van der Waals surface area (Å²) in [6, 6.07) is 2.02. The molecular formula is C19H27N7O3. The van der Waals surface area contributed by atoms with Crippen LogP contribution in [-0.2, 0) is 11.8 Å². The Labute approximate surface area is 170 Å². The van der Waals surface area contributed by atoms with Gasteiger partial charge in [0.05, 0.1) is 20.3 Å². The maximum Gasteiger partial charge on any atom is 0.261 e. The predicted molar refractivity (Wildman–Crippen MR) is 108 cm³/mol. The van der Waals surface area contributed by atoms with Gasteiger partial charge < -0.3 is 24.2 Å². The summed E-state index contributed by atoms with van der Waals surface area (Å²) in [6.07, 6.45) is 1.70. The zero-order valence-electron chi connectivity index (χ0n) is 17.2. The molecular weight excluding hydrogens is 374 g/mol. The Bertz CT molecular complexity index is 871. The average Bonchev–Trinajstić information content (AvgIpc) is 3.14. The molecule has 156 valence electrons. The van der Waals surface area contributed by atoms with Crippen molar-refractivity contribution in [2.75, 3.05) is 69.4 Å². The molecule has 0 atom stereocenters. The van der Waals surface area contributed by atoms with E-state index in [1.807, 2.05) is 17.9 Å². The lowest BCUT2D eigenvalue weighted by atomic mass is 10.2. The largest absolute Gasteiger partial charge is 0.479 e. The van der Waals surface area contributed by atoms with E-state index in [0.717, 1.165) is 43.8 Å². The third-order valence-electron chi connectivity index (χ3n) is 5.23. The molecule has 0 saturated carbocycles. The number of carbonyl (C=O) groups excluding carboxylic acids is 1. The van der Waals surface area contributed by atoms with Crippen LogP contribution in [0.25, 0.3) is 0 Å². The maximum absolute atomic E-state index is 12.9. The molecule has 2 aromatic rings. The highest BCUT2D eigenvalue weighted by atomic mass is 16.5. The first-order chi connectivity index (χ1) is 14.0. The summed E-state index contributed by atoms with van der Waals surface area (Å²) in [7, 11) is 3.30. The number of amides is 1. The topological polar surface area (TPSA) is 88.9 Å². The van der Waals surface area contributed by atoms with Gasteiger partial charge in [-0.25, -0.2) is 4.98 Å². The number of aryl methyl sites for hydroxylation is 2. The van der Waals surface area contributed by atoms with E-state index in [1.54, 1.807) is 17.9 Å². The number of aromatic nitrogens is 4. The summed E-state index contributed by atoms with van der Waals surface area (Å²) in [5.74, 6) is 1.96. The minimum atomic E-state index is -0.0613. The molecule has 2 fully saturated rings. The smallest absolute Gasteiger partial charge is 0.261 e. The van der Waals surface area contributed by atoms with Crippen LogP contribution in [0.15, 0.2) is 12.3 Å². The van der Waals surface area contributed by atoms with E-state index in [2.05, 4.69) is 19.9 Å². The lowest BCUT2D eigenvalue weighted by Crippen LogP contribution is -2.49. The van der Waals surface area contributed by atoms with Gasteiger partial charge in [-0.3, -0.25) is 9.48 Å². The Balaban J connectivity index is 1.44. The second kappa shape index (κ2) is 8.24. The van der Waals surface area contributed by atoms with Gasteiger partial charge in [-0.05, 0) is 6.92 Å². The summed E-state index contributed by atoms with van der Waals surface area (Å²) in [6.45, 7) is 7.66. The molecule has 0 bridgehead atoms. The van der Waals surface area contributed by atoms with Gasteiger partial charge in [0.2, 0.25) is 11.8 Å². The number of methoxy groups -OCH3 is 1. The summed E-state index contributed by atoms with van der Waals surface area (Å²) < 4.78 is 12.3. The Morgan fingerprint density at radius 1 is 1.07 bits per heavy atom. The Morgan fingerprint density at radius 2 is 1.79 bits per heavy atom. The highest BCUT2D eigenvalue weighted by Gasteiger charge is 2.27. The van der Waals surface area contributed by atoms with Crippen LogP contribution in [0.3, 0.4) is 0 Å². The number of morpholine rings is 1. The van der Waals surface area contributed by atoms with E-state index in [0.29, 0.717) is 37.6 Å². The standard InChI is InChI=1S/C19H27N7O3/c1-14-12-16(24-8-10-29-11-9-24)21-19(20-14)26-6-4-25(5-7-26)18(27)15-13-23(2)22-17(15)28-3/h12-13H,4-11H2,1-3H3. The van der Waals surface area contributed by atoms with Crippen LogP contribution in [0, 0.1) is 6.92 Å². The molecule has 29 heavy (non-hydrogen) atoms. The van der Waals surface area contributed by atoms with Crippen molar-refractivity contribution in [3.8, 4) is 5.88 Å². The SMILES string of the molecule is COc1nn(C)cc1C(=O)N1CCN(c2nc(C)cc(N3CCOCC3)n2)CC1. The van der Waals surface area contributed by atoms with E-state index in [-0.39, 0.29) is 5.91 Å². The lowest BCUT2D eigenvalue weighted by Gasteiger charge is -2.35. The van der Waals surface area contributed by atoms with Crippen LogP contribution >= 0.6 is 0 Å². The minimum Gasteiger partial charge on any atom is -0.479 e. The van der Waals surface area contributed by atoms with Crippen LogP contribution in [0.2, 0.25) is 0 Å². The van der Waals surface area contributed by atoms with Gasteiger partial charge in [-0.2, -0.15) is 4.98 Å². The molecule has 0 aromatic carbocycles. The van der Waals surface area contributed by atoms with Gasteiger partial charge in [0.25, 0.3) is 5.91 Å². The normalized spacial score (nSPS) is 17.6. The van der Waals surface area contributed by atoms with Gasteiger partial charge >= 0.3 is 0 Å². The molecule has 10 nitrogen and oxygen atoms in total. The molecule has 2 saturated heterocycles. The molecule has 0 radical (unpaired) electrons. The highest BCUT2D eigenvalue weighted by molar-refractivity contribution is 5.96. The van der Waals surface area contributed by atoms with Crippen LogP contribution in [0.5, 0.6) is 5.88 Å². The number of carbonyl (C=O) groups is 1. The number of hydrogen-bond donors (Lipinski definition) is 0. The third kappa shape index (κ3) is 4.12. The van der Waals surface area contributed by atoms with Crippen molar-refractivity contribution in [3.63, 3.8) is 0 Å². The molecule has 2 aliphatic rings. The van der Waals surface area contributed by atoms with E-state index in [1.165, 1.54) is 7.11 Å². The van der Waals surface area contributed by atoms with Crippen LogP contribution in [-0.4, -0.2) is 90.1 Å². The first-order valence-corrected chi connectivity index (χ1v) is 9.85. The maximum atomic E-state index is 12.9. The molecule has 0 N–H and O–H groups in total. The van der Waals surface area contributed by atoms with Crippen molar-refractivity contribution >= 4 is 17.7 Å². The first-order valence-electron chi connectivity index (χ1n) is 9.85. The van der Waals surface area contributed by atoms with Crippen molar-refractivity contribution in [1.29, 1.82) is 0 Å². The molecule has 2 aliphatic heterocycles. The number of rotatable bonds is 4. The van der Waals surface area contributed by atoms with E-state index in [9.17, 15) is 4.79 Å². The molecule has 1 amide bonds. The summed E-state index contributed by atoms with van der Waals surface area (Å²) >= 11 is 0. The Kier molecular flexibility index (Phi) is 5.52. The number of hydrogen-bond acceptors (Lipinski definition) is 8. The Morgan fingerprint density at radius 3 is 2.48 bits per heavy atom. The van der Waals surface area contributed by atoms with Gasteiger partial charge in [0, 0.05) is 64.3 Å². The van der Waals surface area contributed by atoms with Gasteiger partial charge in [-0.15, -0.1) is 5.10 Å². The Hall–Kier alpha value is -2.88. The fraction of sp³-hybridized carbons (Fsp3) is 0.579. The van der Waals surface area contributed by atoms with E-state index >= 15 is 0 Å². The highest BCUT2D eigenvalue weighted by Crippen LogP contribution is 2.22. The van der Waals surface area contributed by atoms with Crippen LogP contribution < -0.4 is 14.5 Å². The van der Waals surface area contributed by atoms with Gasteiger partial charge in [-0.1, -0.05) is 0 Å². The molecule has 2 aromatic heterocycles. The zero-order valence-corrected chi connectivity index (χ0v) is 17.2. The van der Waals surface area contributed by atoms with Crippen molar-refractivity contribution in [3.05, 3.63) is 23.5 Å². The van der Waals surface area contributed by atoms with Crippen molar-refractivity contribution < 1.29 is 14.3 Å². The van der Waals surface area contributed by atoms with Crippen LogP contribution in [0.1, 0.15) is 16.1 Å². The second-order valence-corrected chi connectivity index (χ2v) is 7.27. The average molecular weight is 401 g/mol. The molecule has 0 unspecified atom stereocenters. The van der Waals surface area contributed by atoms with E-state index < -0.39 is 0 Å². The minimum absolute atomic E-state index is 0.0613. The number of nitrogens with zero attached hydrogens (tertiary/aromatic N) is 7. The second-order valence-electron chi connectivity index (χ2n) is 7.27. The molecule has 10 heteroatoms. The lowest BCUT2D eigenvalue weighted by molar-refractivity contribution is 0.0742. The van der Waals surface area contributed by atoms with Gasteiger partial charge in [0.15, 0.2) is 0 Å².